The second-order valence-corrected chi connectivity index (χ2v) is 4.41. The van der Waals surface area contributed by atoms with Crippen LogP contribution in [0.4, 0.5) is 32.8 Å². The van der Waals surface area contributed by atoms with E-state index in [0.29, 0.717) is 0 Å². The highest BCUT2D eigenvalue weighted by Crippen LogP contribution is 2.35. The summed E-state index contributed by atoms with van der Waals surface area (Å²) in [6.45, 7) is 0. The summed E-state index contributed by atoms with van der Waals surface area (Å²) >= 11 is 0. The Balaban J connectivity index is 2.47. The molecule has 0 aromatic heterocycles. The minimum absolute atomic E-state index is 0.142. The molecule has 1 saturated heterocycles. The van der Waals surface area contributed by atoms with Crippen LogP contribution in [0.5, 0.6) is 0 Å². The van der Waals surface area contributed by atoms with E-state index in [1.165, 1.54) is 10.6 Å². The van der Waals surface area contributed by atoms with Gasteiger partial charge < -0.3 is 4.74 Å². The Bertz CT molecular complexity index is 661. The number of carbonyl (C=O) groups excluding carboxylic acids is 3. The molecule has 7 nitrogen and oxygen atoms in total. The lowest BCUT2D eigenvalue weighted by Crippen LogP contribution is -2.69. The maximum atomic E-state index is 13.3. The minimum Gasteiger partial charge on any atom is -0.453 e. The number of nitrogens with one attached hydrogen (secondary N) is 2. The number of halogens is 4. The molecule has 4 amide bonds. The predicted octanol–water partition coefficient (Wildman–Crippen LogP) is 1.50. The largest absolute Gasteiger partial charge is 0.453 e. The summed E-state index contributed by atoms with van der Waals surface area (Å²) < 4.78 is 56.8. The van der Waals surface area contributed by atoms with Crippen LogP contribution in [0.2, 0.25) is 0 Å². The molecule has 23 heavy (non-hydrogen) atoms. The van der Waals surface area contributed by atoms with Crippen LogP contribution >= 0.6 is 0 Å². The number of benzene rings is 1. The van der Waals surface area contributed by atoms with Crippen molar-refractivity contribution in [3.05, 3.63) is 30.1 Å². The number of hydrogen-bond donors (Lipinski definition) is 2. The SMILES string of the molecule is COC(=O)N[C@]1(C(F)(F)F)NC(=O)N(c2ccc(F)cc2)C1=O. The molecule has 0 bridgehead atoms. The fourth-order valence-corrected chi connectivity index (χ4v) is 1.91. The molecule has 0 saturated carbocycles. The van der Waals surface area contributed by atoms with E-state index in [9.17, 15) is 31.9 Å². The van der Waals surface area contributed by atoms with E-state index in [1.807, 2.05) is 0 Å². The van der Waals surface area contributed by atoms with Crippen molar-refractivity contribution in [2.75, 3.05) is 12.0 Å². The van der Waals surface area contributed by atoms with Gasteiger partial charge in [-0.05, 0) is 24.3 Å². The molecule has 1 aromatic carbocycles. The fourth-order valence-electron chi connectivity index (χ4n) is 1.91. The number of nitrogens with zero attached hydrogens (tertiary/aromatic N) is 1. The number of alkyl carbamates (subject to hydrolysis) is 1. The number of ether oxygens (including phenoxy) is 1. The average molecular weight is 335 g/mol. The molecule has 0 aliphatic carbocycles. The molecule has 1 aliphatic rings. The van der Waals surface area contributed by atoms with Crippen LogP contribution in [0, 0.1) is 5.82 Å². The Morgan fingerprint density at radius 3 is 2.30 bits per heavy atom. The molecule has 124 valence electrons. The van der Waals surface area contributed by atoms with Crippen LogP contribution in [-0.2, 0) is 9.53 Å². The smallest absolute Gasteiger partial charge is 0.440 e. The van der Waals surface area contributed by atoms with Gasteiger partial charge in [-0.1, -0.05) is 0 Å². The number of imide groups is 1. The first-order valence-electron chi connectivity index (χ1n) is 5.97. The van der Waals surface area contributed by atoms with Gasteiger partial charge in [0, 0.05) is 0 Å². The minimum atomic E-state index is -5.34. The van der Waals surface area contributed by atoms with Crippen molar-refractivity contribution in [3.8, 4) is 0 Å². The maximum absolute atomic E-state index is 13.3. The predicted molar refractivity (Wildman–Crippen MR) is 66.7 cm³/mol. The van der Waals surface area contributed by atoms with Crippen molar-refractivity contribution in [1.29, 1.82) is 0 Å². The van der Waals surface area contributed by atoms with Gasteiger partial charge >= 0.3 is 18.3 Å². The monoisotopic (exact) mass is 335 g/mol. The van der Waals surface area contributed by atoms with E-state index in [4.69, 9.17) is 0 Å². The highest BCUT2D eigenvalue weighted by molar-refractivity contribution is 6.24. The lowest BCUT2D eigenvalue weighted by molar-refractivity contribution is -0.197. The van der Waals surface area contributed by atoms with Crippen LogP contribution in [-0.4, -0.2) is 37.0 Å². The van der Waals surface area contributed by atoms with E-state index in [1.54, 1.807) is 0 Å². The number of amides is 4. The average Bonchev–Trinajstić information content (AvgIpc) is 2.71. The lowest BCUT2D eigenvalue weighted by Gasteiger charge is -2.29. The molecule has 2 rings (SSSR count). The van der Waals surface area contributed by atoms with E-state index in [-0.39, 0.29) is 10.6 Å². The highest BCUT2D eigenvalue weighted by atomic mass is 19.4. The Morgan fingerprint density at radius 1 is 1.26 bits per heavy atom. The fraction of sp³-hybridized carbons (Fsp3) is 0.250. The van der Waals surface area contributed by atoms with Crippen molar-refractivity contribution >= 4 is 23.7 Å². The summed E-state index contributed by atoms with van der Waals surface area (Å²) in [5.41, 5.74) is -3.97. The van der Waals surface area contributed by atoms with Crippen molar-refractivity contribution in [3.63, 3.8) is 0 Å². The lowest BCUT2D eigenvalue weighted by atomic mass is 10.1. The number of methoxy groups -OCH3 is 1. The van der Waals surface area contributed by atoms with E-state index >= 15 is 0 Å². The molecule has 1 atom stereocenters. The number of carbonyl (C=O) groups is 3. The van der Waals surface area contributed by atoms with Gasteiger partial charge in [-0.3, -0.25) is 15.4 Å². The molecule has 0 spiro atoms. The van der Waals surface area contributed by atoms with Crippen LogP contribution in [0.25, 0.3) is 0 Å². The van der Waals surface area contributed by atoms with Gasteiger partial charge in [0.15, 0.2) is 0 Å². The zero-order chi connectivity index (χ0) is 17.4. The van der Waals surface area contributed by atoms with Crippen LogP contribution in [0.15, 0.2) is 24.3 Å². The first kappa shape index (κ1) is 16.5. The van der Waals surface area contributed by atoms with Gasteiger partial charge in [0.1, 0.15) is 5.82 Å². The van der Waals surface area contributed by atoms with Gasteiger partial charge in [-0.15, -0.1) is 0 Å². The topological polar surface area (TPSA) is 87.7 Å². The molecule has 0 unspecified atom stereocenters. The molecule has 1 aliphatic heterocycles. The number of rotatable bonds is 2. The van der Waals surface area contributed by atoms with Gasteiger partial charge in [0.25, 0.3) is 11.6 Å². The van der Waals surface area contributed by atoms with Crippen molar-refractivity contribution in [2.45, 2.75) is 11.8 Å². The second kappa shape index (κ2) is 5.41. The third-order valence-corrected chi connectivity index (χ3v) is 3.01. The molecule has 0 radical (unpaired) electrons. The Kier molecular flexibility index (Phi) is 3.89. The Morgan fingerprint density at radius 2 is 1.83 bits per heavy atom. The standard InChI is InChI=1S/C12H9F4N3O4/c1-23-10(22)18-11(12(14,15)16)8(20)19(9(21)17-11)7-4-2-6(13)3-5-7/h2-5H,1H3,(H,17,21)(H,18,22)/t11-/m1/s1. The molecule has 11 heteroatoms. The summed E-state index contributed by atoms with van der Waals surface area (Å²) in [6.07, 6.45) is -6.92. The maximum Gasteiger partial charge on any atom is 0.440 e. The number of alkyl halides is 3. The van der Waals surface area contributed by atoms with Gasteiger partial charge in [-0.25, -0.2) is 18.9 Å². The summed E-state index contributed by atoms with van der Waals surface area (Å²) in [4.78, 5) is 35.3. The first-order valence-corrected chi connectivity index (χ1v) is 5.97. The summed E-state index contributed by atoms with van der Waals surface area (Å²) in [5, 5.41) is 2.68. The molecular weight excluding hydrogens is 326 g/mol. The third kappa shape index (κ3) is 2.64. The van der Waals surface area contributed by atoms with Crippen LogP contribution < -0.4 is 15.5 Å². The number of anilines is 1. The summed E-state index contributed by atoms with van der Waals surface area (Å²) in [6, 6.07) is 2.17. The Labute approximate surface area is 126 Å². The normalized spacial score (nSPS) is 21.2. The quantitative estimate of drug-likeness (QED) is 0.633. The molecule has 2 N–H and O–H groups in total. The zero-order valence-electron chi connectivity index (χ0n) is 11.4. The molecule has 1 heterocycles. The van der Waals surface area contributed by atoms with Gasteiger partial charge in [-0.2, -0.15) is 13.2 Å². The van der Waals surface area contributed by atoms with Gasteiger partial charge in [0.05, 0.1) is 12.8 Å². The highest BCUT2D eigenvalue weighted by Gasteiger charge is 2.69. The van der Waals surface area contributed by atoms with E-state index in [2.05, 4.69) is 4.74 Å². The Hall–Kier alpha value is -2.85. The zero-order valence-corrected chi connectivity index (χ0v) is 11.4. The molecular formula is C12H9F4N3O4. The summed E-state index contributed by atoms with van der Waals surface area (Å²) in [7, 11) is 0.790. The first-order chi connectivity index (χ1) is 10.6. The van der Waals surface area contributed by atoms with Crippen molar-refractivity contribution in [2.24, 2.45) is 0 Å². The second-order valence-electron chi connectivity index (χ2n) is 4.41. The van der Waals surface area contributed by atoms with Crippen LogP contribution in [0.1, 0.15) is 0 Å². The number of urea groups is 1. The van der Waals surface area contributed by atoms with Crippen molar-refractivity contribution in [1.82, 2.24) is 10.6 Å². The summed E-state index contributed by atoms with van der Waals surface area (Å²) in [5.74, 6) is -2.51. The van der Waals surface area contributed by atoms with E-state index in [0.717, 1.165) is 31.4 Å². The van der Waals surface area contributed by atoms with Crippen molar-refractivity contribution < 1.29 is 36.7 Å². The van der Waals surface area contributed by atoms with E-state index < -0.39 is 35.7 Å². The molecule has 1 fully saturated rings. The third-order valence-electron chi connectivity index (χ3n) is 3.01. The van der Waals surface area contributed by atoms with Gasteiger partial charge in [0.2, 0.25) is 0 Å². The van der Waals surface area contributed by atoms with Crippen LogP contribution in [0.3, 0.4) is 0 Å². The number of hydrogen-bond acceptors (Lipinski definition) is 4. The molecule has 1 aromatic rings.